The van der Waals surface area contributed by atoms with Crippen LogP contribution in [-0.2, 0) is 0 Å². The van der Waals surface area contributed by atoms with Gasteiger partial charge in [0.1, 0.15) is 5.75 Å². The van der Waals surface area contributed by atoms with Crippen LogP contribution in [0.4, 0.5) is 5.69 Å². The van der Waals surface area contributed by atoms with E-state index in [2.05, 4.69) is 26.9 Å². The van der Waals surface area contributed by atoms with E-state index < -0.39 is 0 Å². The summed E-state index contributed by atoms with van der Waals surface area (Å²) in [7, 11) is 1.68. The maximum atomic E-state index is 13.1. The first-order chi connectivity index (χ1) is 13.2. The minimum absolute atomic E-state index is 0.123. The van der Waals surface area contributed by atoms with Gasteiger partial charge in [0.05, 0.1) is 13.2 Å². The average Bonchev–Trinajstić information content (AvgIpc) is 3.17. The Kier molecular flexibility index (Phi) is 4.86. The second-order valence-electron chi connectivity index (χ2n) is 7.01. The molecule has 2 heterocycles. The SMILES string of the molecule is COc1ccc(N2CCN([C@@H](C)C(=O)c3c[nH]c4ccccc34)CC2)cc1. The van der Waals surface area contributed by atoms with Crippen molar-refractivity contribution in [2.24, 2.45) is 0 Å². The number of carbonyl (C=O) groups excluding carboxylic acids is 1. The number of nitrogens with one attached hydrogen (secondary N) is 1. The van der Waals surface area contributed by atoms with E-state index in [9.17, 15) is 4.79 Å². The first-order valence-electron chi connectivity index (χ1n) is 9.41. The predicted molar refractivity (Wildman–Crippen MR) is 109 cm³/mol. The zero-order valence-electron chi connectivity index (χ0n) is 15.8. The lowest BCUT2D eigenvalue weighted by Crippen LogP contribution is -2.51. The molecule has 0 aliphatic carbocycles. The molecule has 0 saturated carbocycles. The van der Waals surface area contributed by atoms with Gasteiger partial charge in [-0.1, -0.05) is 18.2 Å². The number of ether oxygens (including phenoxy) is 1. The number of anilines is 1. The van der Waals surface area contributed by atoms with E-state index in [0.29, 0.717) is 0 Å². The number of piperazine rings is 1. The maximum Gasteiger partial charge on any atom is 0.181 e. The number of aromatic nitrogens is 1. The van der Waals surface area contributed by atoms with Crippen LogP contribution < -0.4 is 9.64 Å². The van der Waals surface area contributed by atoms with E-state index in [1.165, 1.54) is 5.69 Å². The Morgan fingerprint density at radius 2 is 1.74 bits per heavy atom. The maximum absolute atomic E-state index is 13.1. The summed E-state index contributed by atoms with van der Waals surface area (Å²) in [5.41, 5.74) is 3.00. The molecule has 5 heteroatoms. The third-order valence-electron chi connectivity index (χ3n) is 5.53. The van der Waals surface area contributed by atoms with E-state index >= 15 is 0 Å². The first kappa shape index (κ1) is 17.6. The number of carbonyl (C=O) groups is 1. The first-order valence-corrected chi connectivity index (χ1v) is 9.41. The van der Waals surface area contributed by atoms with Gasteiger partial charge in [0.2, 0.25) is 0 Å². The fraction of sp³-hybridized carbons (Fsp3) is 0.318. The summed E-state index contributed by atoms with van der Waals surface area (Å²) in [5, 5.41) is 1.01. The number of Topliss-reactive ketones (excluding diaryl/α,β-unsaturated/α-hetero) is 1. The van der Waals surface area contributed by atoms with Gasteiger partial charge in [0, 0.05) is 54.5 Å². The molecule has 1 N–H and O–H groups in total. The van der Waals surface area contributed by atoms with Crippen molar-refractivity contribution in [3.63, 3.8) is 0 Å². The minimum Gasteiger partial charge on any atom is -0.497 e. The quantitative estimate of drug-likeness (QED) is 0.704. The van der Waals surface area contributed by atoms with Crippen molar-refractivity contribution in [3.8, 4) is 5.75 Å². The molecule has 1 saturated heterocycles. The van der Waals surface area contributed by atoms with Crippen LogP contribution in [0.15, 0.2) is 54.7 Å². The summed E-state index contributed by atoms with van der Waals surface area (Å²) < 4.78 is 5.23. The Labute approximate surface area is 159 Å². The number of fused-ring (bicyclic) bond motifs is 1. The largest absolute Gasteiger partial charge is 0.497 e. The van der Waals surface area contributed by atoms with Gasteiger partial charge in [0.25, 0.3) is 0 Å². The summed E-state index contributed by atoms with van der Waals surface area (Å²) in [6.07, 6.45) is 1.84. The number of hydrogen-bond acceptors (Lipinski definition) is 4. The lowest BCUT2D eigenvalue weighted by Gasteiger charge is -2.38. The highest BCUT2D eigenvalue weighted by molar-refractivity contribution is 6.10. The monoisotopic (exact) mass is 363 g/mol. The van der Waals surface area contributed by atoms with Crippen molar-refractivity contribution in [2.45, 2.75) is 13.0 Å². The number of para-hydroxylation sites is 1. The van der Waals surface area contributed by atoms with Crippen LogP contribution in [0, 0.1) is 0 Å². The molecule has 1 atom stereocenters. The van der Waals surface area contributed by atoms with Gasteiger partial charge in [-0.05, 0) is 37.3 Å². The van der Waals surface area contributed by atoms with Gasteiger partial charge in [-0.25, -0.2) is 0 Å². The number of H-pyrrole nitrogens is 1. The topological polar surface area (TPSA) is 48.6 Å². The fourth-order valence-electron chi connectivity index (χ4n) is 3.83. The van der Waals surface area contributed by atoms with Gasteiger partial charge in [0.15, 0.2) is 5.78 Å². The number of methoxy groups -OCH3 is 1. The minimum atomic E-state index is -0.123. The molecule has 5 nitrogen and oxygen atoms in total. The number of nitrogens with zero attached hydrogens (tertiary/aromatic N) is 2. The molecule has 0 bridgehead atoms. The lowest BCUT2D eigenvalue weighted by atomic mass is 10.0. The van der Waals surface area contributed by atoms with Crippen LogP contribution >= 0.6 is 0 Å². The molecule has 140 valence electrons. The Morgan fingerprint density at radius 1 is 1.04 bits per heavy atom. The molecule has 2 aromatic carbocycles. The summed E-state index contributed by atoms with van der Waals surface area (Å²) in [6, 6.07) is 16.0. The molecule has 1 fully saturated rings. The average molecular weight is 363 g/mol. The zero-order valence-corrected chi connectivity index (χ0v) is 15.8. The number of rotatable bonds is 5. The molecule has 0 amide bonds. The molecule has 0 spiro atoms. The molecular formula is C22H25N3O2. The zero-order chi connectivity index (χ0) is 18.8. The highest BCUT2D eigenvalue weighted by Gasteiger charge is 2.27. The Balaban J connectivity index is 1.42. The van der Waals surface area contributed by atoms with Crippen LogP contribution in [-0.4, -0.2) is 55.0 Å². The second-order valence-corrected chi connectivity index (χ2v) is 7.01. The number of benzene rings is 2. The fourth-order valence-corrected chi connectivity index (χ4v) is 3.83. The van der Waals surface area contributed by atoms with E-state index in [4.69, 9.17) is 4.74 Å². The van der Waals surface area contributed by atoms with Crippen molar-refractivity contribution >= 4 is 22.4 Å². The number of aromatic amines is 1. The molecule has 0 unspecified atom stereocenters. The van der Waals surface area contributed by atoms with Gasteiger partial charge in [-0.3, -0.25) is 9.69 Å². The van der Waals surface area contributed by atoms with Gasteiger partial charge in [-0.15, -0.1) is 0 Å². The van der Waals surface area contributed by atoms with Crippen LogP contribution in [0.3, 0.4) is 0 Å². The van der Waals surface area contributed by atoms with Crippen molar-refractivity contribution in [1.29, 1.82) is 0 Å². The van der Waals surface area contributed by atoms with E-state index in [-0.39, 0.29) is 11.8 Å². The summed E-state index contributed by atoms with van der Waals surface area (Å²) in [4.78, 5) is 20.9. The molecular weight excluding hydrogens is 338 g/mol. The van der Waals surface area contributed by atoms with Crippen molar-refractivity contribution in [2.75, 3.05) is 38.2 Å². The van der Waals surface area contributed by atoms with Crippen molar-refractivity contribution in [3.05, 3.63) is 60.3 Å². The lowest BCUT2D eigenvalue weighted by molar-refractivity contribution is 0.0831. The molecule has 3 aromatic rings. The highest BCUT2D eigenvalue weighted by Crippen LogP contribution is 2.23. The number of ketones is 1. The van der Waals surface area contributed by atoms with Crippen molar-refractivity contribution < 1.29 is 9.53 Å². The van der Waals surface area contributed by atoms with E-state index in [1.54, 1.807) is 7.11 Å². The Bertz CT molecular complexity index is 924. The van der Waals surface area contributed by atoms with Crippen LogP contribution in [0.5, 0.6) is 5.75 Å². The van der Waals surface area contributed by atoms with Gasteiger partial charge >= 0.3 is 0 Å². The predicted octanol–water partition coefficient (Wildman–Crippen LogP) is 3.57. The Morgan fingerprint density at radius 3 is 2.44 bits per heavy atom. The third-order valence-corrected chi connectivity index (χ3v) is 5.53. The highest BCUT2D eigenvalue weighted by atomic mass is 16.5. The standard InChI is InChI=1S/C22H25N3O2/c1-16(22(26)20-15-23-21-6-4-3-5-19(20)21)24-11-13-25(14-12-24)17-7-9-18(27-2)10-8-17/h3-10,15-16,23H,11-14H2,1-2H3/t16-/m0/s1. The summed E-state index contributed by atoms with van der Waals surface area (Å²) in [6.45, 7) is 5.60. The van der Waals surface area contributed by atoms with E-state index in [1.807, 2.05) is 49.5 Å². The normalized spacial score (nSPS) is 16.4. The second kappa shape index (κ2) is 7.45. The molecule has 1 aliphatic heterocycles. The third kappa shape index (κ3) is 3.43. The van der Waals surface area contributed by atoms with Crippen LogP contribution in [0.2, 0.25) is 0 Å². The smallest absolute Gasteiger partial charge is 0.181 e. The van der Waals surface area contributed by atoms with Gasteiger partial charge < -0.3 is 14.6 Å². The molecule has 1 aliphatic rings. The molecule has 1 aromatic heterocycles. The summed E-state index contributed by atoms with van der Waals surface area (Å²) in [5.74, 6) is 1.06. The van der Waals surface area contributed by atoms with Gasteiger partial charge in [-0.2, -0.15) is 0 Å². The molecule has 27 heavy (non-hydrogen) atoms. The molecule has 4 rings (SSSR count). The Hall–Kier alpha value is -2.79. The van der Waals surface area contributed by atoms with Crippen LogP contribution in [0.25, 0.3) is 10.9 Å². The van der Waals surface area contributed by atoms with Crippen molar-refractivity contribution in [1.82, 2.24) is 9.88 Å². The van der Waals surface area contributed by atoms with Crippen LogP contribution in [0.1, 0.15) is 17.3 Å². The van der Waals surface area contributed by atoms with E-state index in [0.717, 1.165) is 48.4 Å². The number of hydrogen-bond donors (Lipinski definition) is 1. The summed E-state index contributed by atoms with van der Waals surface area (Å²) >= 11 is 0. The molecule has 0 radical (unpaired) electrons.